The molecule has 16 aromatic rings. The van der Waals surface area contributed by atoms with E-state index in [-0.39, 0.29) is 79.7 Å². The van der Waals surface area contributed by atoms with E-state index in [1.54, 1.807) is 80.2 Å². The summed E-state index contributed by atoms with van der Waals surface area (Å²) in [5, 5.41) is 9.23. The molecule has 0 saturated carbocycles. The van der Waals surface area contributed by atoms with Gasteiger partial charge >= 0.3 is 0 Å². The number of carbonyl (C=O) groups is 1. The lowest BCUT2D eigenvalue weighted by atomic mass is 9.71. The van der Waals surface area contributed by atoms with E-state index >= 15 is 8.78 Å². The molecule has 0 saturated heterocycles. The number of nitrogens with two attached hydrogens (primary N) is 2. The third-order valence-electron chi connectivity index (χ3n) is 28.6. The number of benzene rings is 10. The van der Waals surface area contributed by atoms with E-state index in [0.717, 1.165) is 211 Å². The maximum atomic E-state index is 15.4. The highest BCUT2D eigenvalue weighted by molar-refractivity contribution is 7.99. The van der Waals surface area contributed by atoms with Crippen LogP contribution in [0, 0.1) is 81.2 Å². The number of nitrogens with zero attached hydrogens (tertiary/aromatic N) is 12. The highest BCUT2D eigenvalue weighted by atomic mass is 35.5. The van der Waals surface area contributed by atoms with Crippen LogP contribution in [0.5, 0.6) is 0 Å². The zero-order valence-electron chi connectivity index (χ0n) is 84.4. The monoisotopic (exact) mass is 2200 g/mol. The Labute approximate surface area is 910 Å². The van der Waals surface area contributed by atoms with Crippen molar-refractivity contribution in [3.05, 3.63) is 426 Å². The smallest absolute Gasteiger partial charge is 0.251 e. The van der Waals surface area contributed by atoms with Gasteiger partial charge in [-0.25, -0.2) is 65.0 Å². The van der Waals surface area contributed by atoms with Gasteiger partial charge in [-0.05, 0) is 373 Å². The van der Waals surface area contributed by atoms with E-state index in [2.05, 4.69) is 105 Å². The number of aryl methyl sites for hydroxylation is 9. The van der Waals surface area contributed by atoms with Gasteiger partial charge in [0.25, 0.3) is 5.91 Å². The zero-order chi connectivity index (χ0) is 106. The van der Waals surface area contributed by atoms with Crippen LogP contribution in [-0.4, -0.2) is 77.6 Å². The Morgan fingerprint density at radius 3 is 1.01 bits per heavy atom. The minimum atomic E-state index is -0.825. The first-order chi connectivity index (χ1) is 71.9. The first-order valence-corrected chi connectivity index (χ1v) is 55.4. The molecular formula is C117H112Cl5F8N15OS4. The average Bonchev–Trinajstić information content (AvgIpc) is 1.58. The molecular weight excluding hydrogens is 2090 g/mol. The van der Waals surface area contributed by atoms with Crippen LogP contribution in [0.2, 0.25) is 25.1 Å². The Balaban J connectivity index is 0.000000137. The van der Waals surface area contributed by atoms with Gasteiger partial charge in [-0.2, -0.15) is 0 Å². The van der Waals surface area contributed by atoms with Gasteiger partial charge in [0.15, 0.2) is 26.6 Å². The molecule has 6 aromatic heterocycles. The van der Waals surface area contributed by atoms with Crippen molar-refractivity contribution < 1.29 is 39.9 Å². The summed E-state index contributed by atoms with van der Waals surface area (Å²) in [6.07, 6.45) is 17.5. The molecule has 0 spiro atoms. The Morgan fingerprint density at radius 2 is 0.700 bits per heavy atom. The Hall–Kier alpha value is -11.7. The second-order valence-electron chi connectivity index (χ2n) is 39.3. The number of pyridine rings is 1. The molecule has 4 aliphatic carbocycles. The van der Waals surface area contributed by atoms with Crippen LogP contribution in [-0.2, 0) is 70.4 Å². The number of aliphatic imine (C=N–C) groups is 1. The van der Waals surface area contributed by atoms with Crippen molar-refractivity contribution in [2.45, 2.75) is 230 Å². The summed E-state index contributed by atoms with van der Waals surface area (Å²) in [4.78, 5) is 49.9. The number of aromatic nitrogens is 11. The molecule has 0 aliphatic heterocycles. The number of amides is 1. The number of hydrogen-bond donors (Lipinski definition) is 3. The molecule has 6 heterocycles. The van der Waals surface area contributed by atoms with Gasteiger partial charge in [-0.1, -0.05) is 154 Å². The van der Waals surface area contributed by atoms with Crippen LogP contribution in [0.3, 0.4) is 0 Å². The van der Waals surface area contributed by atoms with Gasteiger partial charge in [0.2, 0.25) is 0 Å². The number of guanidine groups is 1. The van der Waals surface area contributed by atoms with Crippen LogP contribution in [0.15, 0.2) is 257 Å². The number of hydrogen-bond acceptors (Lipinski definition) is 13. The number of nitrogens with one attached hydrogen (secondary N) is 1. The molecule has 1 amide bonds. The SMILES string of the molecule is Cc1cc(C2(C)CCCc3nc(SCc4c(F)cc(C(=O)N[C@H](C)CCCN=C(N)N)cc4F)n(-c4ccc(F)cc4)c32)ccc1Cl.Cc1cc(C2(C)CCCc3nc(SCc4ncccc4Cl)n(-c4ccc(F)cc4)c32)ccc1Cl.Cc1cc(C2(C)CCCc3nc(SCc4ncccn4)n(-c4ccc(F)cc4)c32)ccc1Cl.Cc1cc(F)c(CSc2nc3c(n2-c2ccc(F)cc2)C(C)(c2ccc(Cl)c(C)c2)CCC3)c(F)c1. The molecule has 4 aliphatic rings. The Morgan fingerprint density at radius 1 is 0.393 bits per heavy atom. The van der Waals surface area contributed by atoms with Crippen LogP contribution >= 0.6 is 105 Å². The van der Waals surface area contributed by atoms with Gasteiger partial charge in [-0.3, -0.25) is 33.0 Å². The summed E-state index contributed by atoms with van der Waals surface area (Å²) < 4.78 is 124. The Kier molecular flexibility index (Phi) is 34.5. The van der Waals surface area contributed by atoms with E-state index in [1.165, 1.54) is 101 Å². The number of imidazole rings is 4. The molecule has 0 bridgehead atoms. The molecule has 776 valence electrons. The summed E-state index contributed by atoms with van der Waals surface area (Å²) in [6.45, 7) is 20.8. The highest BCUT2D eigenvalue weighted by Crippen LogP contribution is 2.53. The molecule has 5 atom stereocenters. The Bertz CT molecular complexity index is 7640. The fraction of sp³-hybridized carbons (Fsp3) is 0.291. The summed E-state index contributed by atoms with van der Waals surface area (Å²) in [7, 11) is 0. The fourth-order valence-electron chi connectivity index (χ4n) is 20.6. The second-order valence-corrected chi connectivity index (χ2v) is 45.1. The van der Waals surface area contributed by atoms with Crippen LogP contribution in [0.25, 0.3) is 22.7 Å². The van der Waals surface area contributed by atoms with Crippen molar-refractivity contribution in [2.24, 2.45) is 16.5 Å². The van der Waals surface area contributed by atoms with Crippen molar-refractivity contribution in [1.29, 1.82) is 0 Å². The summed E-state index contributed by atoms with van der Waals surface area (Å²) in [5.41, 5.74) is 30.7. The molecule has 33 heteroatoms. The van der Waals surface area contributed by atoms with Crippen molar-refractivity contribution in [1.82, 2.24) is 58.5 Å². The first kappa shape index (κ1) is 110. The third kappa shape index (κ3) is 24.0. The minimum Gasteiger partial charge on any atom is -0.370 e. The molecule has 5 N–H and O–H groups in total. The van der Waals surface area contributed by atoms with E-state index in [4.69, 9.17) is 89.4 Å². The molecule has 0 radical (unpaired) electrons. The molecule has 0 fully saturated rings. The number of halogens is 13. The topological polar surface area (TPSA) is 203 Å². The number of fused-ring (bicyclic) bond motifs is 4. The lowest BCUT2D eigenvalue weighted by Crippen LogP contribution is -2.33. The van der Waals surface area contributed by atoms with Crippen molar-refractivity contribution >= 4 is 117 Å². The standard InChI is InChI=1S/C35H38ClF3N6OS.C29H26ClF3N2S.C27H24Cl2FN3S.C26H24ClFN4S/c1-20-16-23(8-13-27(20)36)35(3)14-4-7-30-31(35)45(25-11-9-24(37)10-12-25)34(44-30)47-19-26-28(38)17-22(18-29(26)39)32(46)43-21(2)6-5-15-42-33(40)41;1-17-13-24(32)22(25(33)14-17)16-36-28-34-26-5-4-12-29(3,19-6-11-23(30)18(2)15-19)27(26)35(28)21-9-7-20(31)8-10-21;1-17-15-18(7-12-21(17)28)27(2)13-3-6-23-25(27)33(20-10-8-19(30)9-11-20)26(32-23)34-16-24-22(29)5-4-14-31-24;1-17-15-18(6-11-21(17)27)26(2)12-3-5-22-24(26)32(20-9-7-19(28)8-10-20)25(31-22)33-16-23-29-13-4-14-30-23/h8-13,16-18,21H,4-7,14-15,19H2,1-3H3,(H,43,46)(H4,40,41,42);6-11,13-15H,4-5,12,16H2,1-3H3;4-5,7-12,14-15H,3,6,13,16H2,1-2H3;4,6-11,13-15H,3,5,12,16H2,1-2H3/t21-,35?;;;/m1.../s1. The summed E-state index contributed by atoms with van der Waals surface area (Å²) in [6, 6.07) is 60.4. The van der Waals surface area contributed by atoms with Crippen LogP contribution < -0.4 is 16.8 Å². The third-order valence-corrected chi connectivity index (χ3v) is 34.5. The number of rotatable bonds is 26. The molecule has 16 nitrogen and oxygen atoms in total. The quantitative estimate of drug-likeness (QED) is 0.0152. The maximum absolute atomic E-state index is 15.4. The van der Waals surface area contributed by atoms with E-state index in [0.29, 0.717) is 67.5 Å². The largest absolute Gasteiger partial charge is 0.370 e. The number of thioether (sulfide) groups is 4. The van der Waals surface area contributed by atoms with Crippen molar-refractivity contribution in [3.8, 4) is 22.7 Å². The normalized spacial score (nSPS) is 17.2. The minimum absolute atomic E-state index is 0.00333. The van der Waals surface area contributed by atoms with Crippen molar-refractivity contribution in [3.63, 3.8) is 0 Å². The predicted octanol–water partition coefficient (Wildman–Crippen LogP) is 30.5. The van der Waals surface area contributed by atoms with Gasteiger partial charge < -0.3 is 16.8 Å². The predicted molar refractivity (Wildman–Crippen MR) is 590 cm³/mol. The lowest BCUT2D eigenvalue weighted by Gasteiger charge is -2.36. The molecule has 4 unspecified atom stereocenters. The van der Waals surface area contributed by atoms with Gasteiger partial charge in [-0.15, -0.1) is 0 Å². The fourth-order valence-corrected chi connectivity index (χ4v) is 25.4. The molecule has 10 aromatic carbocycles. The second kappa shape index (κ2) is 47.3. The molecule has 150 heavy (non-hydrogen) atoms. The van der Waals surface area contributed by atoms with Gasteiger partial charge in [0.1, 0.15) is 52.4 Å². The average molecular weight is 2200 g/mol. The molecule has 20 rings (SSSR count). The number of carbonyl (C=O) groups excluding carboxylic acids is 1. The van der Waals surface area contributed by atoms with E-state index in [1.807, 2.05) is 110 Å². The van der Waals surface area contributed by atoms with Crippen molar-refractivity contribution in [2.75, 3.05) is 6.54 Å². The summed E-state index contributed by atoms with van der Waals surface area (Å²) >= 11 is 37.4. The summed E-state index contributed by atoms with van der Waals surface area (Å²) in [5.74, 6) is -2.61. The van der Waals surface area contributed by atoms with Crippen LogP contribution in [0.1, 0.15) is 227 Å². The van der Waals surface area contributed by atoms with Crippen LogP contribution in [0.4, 0.5) is 35.1 Å². The first-order valence-electron chi connectivity index (χ1n) is 49.6. The highest BCUT2D eigenvalue weighted by Gasteiger charge is 2.45. The van der Waals surface area contributed by atoms with Gasteiger partial charge in [0, 0.05) is 130 Å². The van der Waals surface area contributed by atoms with Gasteiger partial charge in [0.05, 0.1) is 62.0 Å². The zero-order valence-corrected chi connectivity index (χ0v) is 91.5. The maximum Gasteiger partial charge on any atom is 0.251 e. The van der Waals surface area contributed by atoms with E-state index in [9.17, 15) is 31.1 Å². The lowest BCUT2D eigenvalue weighted by molar-refractivity contribution is 0.0937. The van der Waals surface area contributed by atoms with E-state index < -0.39 is 34.6 Å².